The molecule has 0 spiro atoms. The van der Waals surface area contributed by atoms with Crippen LogP contribution in [0, 0.1) is 0 Å². The van der Waals surface area contributed by atoms with Crippen molar-refractivity contribution in [2.24, 2.45) is 0 Å². The first-order valence-corrected chi connectivity index (χ1v) is 6.65. The number of benzene rings is 1. The number of halogens is 3. The Balaban J connectivity index is 2.55. The molecule has 0 amide bonds. The van der Waals surface area contributed by atoms with Gasteiger partial charge in [0.15, 0.2) is 6.61 Å². The van der Waals surface area contributed by atoms with Crippen LogP contribution in [-0.4, -0.2) is 37.9 Å². The third-order valence-corrected chi connectivity index (χ3v) is 2.47. The number of rotatable bonds is 8. The van der Waals surface area contributed by atoms with Crippen LogP contribution in [-0.2, 0) is 14.3 Å². The van der Waals surface area contributed by atoms with Crippen molar-refractivity contribution in [1.82, 2.24) is 0 Å². The first-order valence-electron chi connectivity index (χ1n) is 6.65. The third-order valence-electron chi connectivity index (χ3n) is 2.47. The molecule has 0 aliphatic rings. The second kappa shape index (κ2) is 8.88. The summed E-state index contributed by atoms with van der Waals surface area (Å²) in [6, 6.07) is 4.86. The Morgan fingerprint density at radius 2 is 1.79 bits per heavy atom. The minimum atomic E-state index is -4.60. The number of ether oxygens (including phenoxy) is 3. The topological polar surface area (TPSA) is 61.8 Å². The van der Waals surface area contributed by atoms with Crippen LogP contribution in [0.25, 0.3) is 0 Å². The number of hydrogen-bond acceptors (Lipinski definition) is 5. The first kappa shape index (κ1) is 19.4. The second-order valence-electron chi connectivity index (χ2n) is 4.51. The van der Waals surface area contributed by atoms with Gasteiger partial charge in [-0.1, -0.05) is 12.7 Å². The van der Waals surface area contributed by atoms with Gasteiger partial charge in [0.25, 0.3) is 0 Å². The summed E-state index contributed by atoms with van der Waals surface area (Å²) in [6.07, 6.45) is -3.09. The van der Waals surface area contributed by atoms with E-state index in [4.69, 9.17) is 9.47 Å². The van der Waals surface area contributed by atoms with Crippen LogP contribution in [0.15, 0.2) is 49.1 Å². The van der Waals surface area contributed by atoms with Gasteiger partial charge in [0, 0.05) is 0 Å². The molecule has 0 aromatic heterocycles. The Kier molecular flexibility index (Phi) is 7.19. The predicted octanol–water partition coefficient (Wildman–Crippen LogP) is 3.07. The Bertz CT molecular complexity index is 605. The number of hydrogen-bond donors (Lipinski definition) is 0. The lowest BCUT2D eigenvalue weighted by Crippen LogP contribution is -2.20. The van der Waals surface area contributed by atoms with Crippen molar-refractivity contribution in [3.8, 4) is 5.75 Å². The van der Waals surface area contributed by atoms with Crippen LogP contribution < -0.4 is 4.74 Å². The minimum absolute atomic E-state index is 0.0350. The summed E-state index contributed by atoms with van der Waals surface area (Å²) in [5.41, 5.74) is -0.0299. The van der Waals surface area contributed by atoms with Gasteiger partial charge in [-0.15, -0.1) is 6.58 Å². The van der Waals surface area contributed by atoms with Crippen LogP contribution >= 0.6 is 0 Å². The van der Waals surface area contributed by atoms with Crippen molar-refractivity contribution in [3.63, 3.8) is 0 Å². The fourth-order valence-corrected chi connectivity index (χ4v) is 1.39. The van der Waals surface area contributed by atoms with Crippen LogP contribution in [0.1, 0.15) is 10.4 Å². The highest BCUT2D eigenvalue weighted by Crippen LogP contribution is 2.17. The zero-order valence-electron chi connectivity index (χ0n) is 12.6. The summed E-state index contributed by atoms with van der Waals surface area (Å²) in [6.45, 7) is 5.49. The molecule has 0 heterocycles. The van der Waals surface area contributed by atoms with E-state index < -0.39 is 24.7 Å². The van der Waals surface area contributed by atoms with Crippen LogP contribution in [0.5, 0.6) is 5.75 Å². The normalized spacial score (nSPS) is 10.8. The van der Waals surface area contributed by atoms with E-state index in [1.807, 2.05) is 0 Å². The number of esters is 2. The van der Waals surface area contributed by atoms with Gasteiger partial charge in [0.2, 0.25) is 0 Å². The molecule has 8 heteroatoms. The van der Waals surface area contributed by atoms with Crippen LogP contribution in [0.4, 0.5) is 13.2 Å². The van der Waals surface area contributed by atoms with E-state index >= 15 is 0 Å². The van der Waals surface area contributed by atoms with Gasteiger partial charge in [-0.05, 0) is 24.3 Å². The van der Waals surface area contributed by atoms with E-state index in [1.165, 1.54) is 30.3 Å². The molecule has 24 heavy (non-hydrogen) atoms. The Labute approximate surface area is 136 Å². The molecular weight excluding hydrogens is 329 g/mol. The van der Waals surface area contributed by atoms with Gasteiger partial charge in [-0.2, -0.15) is 13.2 Å². The third kappa shape index (κ3) is 7.10. The van der Waals surface area contributed by atoms with E-state index in [0.29, 0.717) is 0 Å². The first-order chi connectivity index (χ1) is 11.2. The van der Waals surface area contributed by atoms with Gasteiger partial charge < -0.3 is 14.2 Å². The van der Waals surface area contributed by atoms with E-state index in [1.54, 1.807) is 0 Å². The summed E-state index contributed by atoms with van der Waals surface area (Å²) in [4.78, 5) is 23.1. The molecule has 0 fully saturated rings. The number of carbonyl (C=O) groups excluding carboxylic acids is 2. The molecule has 5 nitrogen and oxygen atoms in total. The number of alkyl halides is 3. The molecular formula is C16H15F3O5. The van der Waals surface area contributed by atoms with Gasteiger partial charge >= 0.3 is 18.1 Å². The van der Waals surface area contributed by atoms with E-state index in [2.05, 4.69) is 17.9 Å². The minimum Gasteiger partial charge on any atom is -0.452 e. The van der Waals surface area contributed by atoms with E-state index in [0.717, 1.165) is 0 Å². The highest BCUT2D eigenvalue weighted by atomic mass is 19.4. The maximum Gasteiger partial charge on any atom is 0.422 e. The smallest absolute Gasteiger partial charge is 0.422 e. The molecule has 1 rings (SSSR count). The molecule has 1 aromatic carbocycles. The standard InChI is InChI=1S/C16H15F3O5/c1-3-8-22-9-11(2)14(20)24-13-6-4-12(5-7-13)15(21)23-10-16(17,18)19/h3-7H,1-2,8-10H2. The van der Waals surface area contributed by atoms with Crippen molar-refractivity contribution in [2.75, 3.05) is 19.8 Å². The zero-order valence-corrected chi connectivity index (χ0v) is 12.6. The lowest BCUT2D eigenvalue weighted by molar-refractivity contribution is -0.161. The summed E-state index contributed by atoms with van der Waals surface area (Å²) in [5.74, 6) is -1.77. The number of carbonyl (C=O) groups is 2. The molecule has 130 valence electrons. The van der Waals surface area contributed by atoms with Gasteiger partial charge in [-0.25, -0.2) is 9.59 Å². The summed E-state index contributed by atoms with van der Waals surface area (Å²) < 4.78 is 50.0. The second-order valence-corrected chi connectivity index (χ2v) is 4.51. The van der Waals surface area contributed by atoms with Crippen LogP contribution in [0.3, 0.4) is 0 Å². The summed E-state index contributed by atoms with van der Waals surface area (Å²) >= 11 is 0. The molecule has 0 aliphatic carbocycles. The molecule has 0 saturated carbocycles. The van der Waals surface area contributed by atoms with E-state index in [9.17, 15) is 22.8 Å². The van der Waals surface area contributed by atoms with Crippen molar-refractivity contribution in [1.29, 1.82) is 0 Å². The van der Waals surface area contributed by atoms with Gasteiger partial charge in [0.1, 0.15) is 5.75 Å². The maximum absolute atomic E-state index is 12.0. The lowest BCUT2D eigenvalue weighted by atomic mass is 10.2. The molecule has 0 N–H and O–H groups in total. The fraction of sp³-hybridized carbons (Fsp3) is 0.250. The Morgan fingerprint density at radius 3 is 2.33 bits per heavy atom. The highest BCUT2D eigenvalue weighted by molar-refractivity contribution is 5.91. The highest BCUT2D eigenvalue weighted by Gasteiger charge is 2.29. The average Bonchev–Trinajstić information content (AvgIpc) is 2.52. The van der Waals surface area contributed by atoms with Gasteiger partial charge in [0.05, 0.1) is 24.4 Å². The van der Waals surface area contributed by atoms with Crippen molar-refractivity contribution in [3.05, 3.63) is 54.6 Å². The van der Waals surface area contributed by atoms with Crippen molar-refractivity contribution < 1.29 is 37.0 Å². The average molecular weight is 344 g/mol. The zero-order chi connectivity index (χ0) is 18.2. The molecule has 0 bridgehead atoms. The SMILES string of the molecule is C=CCOCC(=C)C(=O)Oc1ccc(C(=O)OCC(F)(F)F)cc1. The molecule has 1 aromatic rings. The van der Waals surface area contributed by atoms with Crippen molar-refractivity contribution >= 4 is 11.9 Å². The predicted molar refractivity (Wildman–Crippen MR) is 78.6 cm³/mol. The largest absolute Gasteiger partial charge is 0.452 e. The molecule has 0 saturated heterocycles. The van der Waals surface area contributed by atoms with E-state index in [-0.39, 0.29) is 30.1 Å². The molecule has 0 atom stereocenters. The van der Waals surface area contributed by atoms with Crippen LogP contribution in [0.2, 0.25) is 0 Å². The Hall–Kier alpha value is -2.61. The van der Waals surface area contributed by atoms with Gasteiger partial charge in [-0.3, -0.25) is 0 Å². The molecule has 0 aliphatic heterocycles. The molecule has 0 unspecified atom stereocenters. The fourth-order valence-electron chi connectivity index (χ4n) is 1.39. The lowest BCUT2D eigenvalue weighted by Gasteiger charge is -2.09. The van der Waals surface area contributed by atoms with Crippen molar-refractivity contribution in [2.45, 2.75) is 6.18 Å². The maximum atomic E-state index is 12.0. The summed E-state index contributed by atoms with van der Waals surface area (Å²) in [5, 5.41) is 0. The molecule has 0 radical (unpaired) electrons. The summed E-state index contributed by atoms with van der Waals surface area (Å²) in [7, 11) is 0. The monoisotopic (exact) mass is 344 g/mol. The Morgan fingerprint density at radius 1 is 1.17 bits per heavy atom. The quantitative estimate of drug-likeness (QED) is 0.238.